The number of thiazole rings is 1. The van der Waals surface area contributed by atoms with Crippen molar-refractivity contribution in [3.8, 4) is 11.5 Å². The molecule has 0 saturated carbocycles. The second-order valence-electron chi connectivity index (χ2n) is 9.24. The molecule has 1 amide bonds. The van der Waals surface area contributed by atoms with Crippen molar-refractivity contribution in [2.45, 2.75) is 31.3 Å². The van der Waals surface area contributed by atoms with Gasteiger partial charge in [-0.25, -0.2) is 8.42 Å². The van der Waals surface area contributed by atoms with E-state index in [1.165, 1.54) is 47.0 Å². The van der Waals surface area contributed by atoms with Gasteiger partial charge in [0.05, 0.1) is 28.1 Å². The molecule has 0 fully saturated rings. The Balaban J connectivity index is 1.43. The van der Waals surface area contributed by atoms with E-state index < -0.39 is 15.9 Å². The lowest BCUT2D eigenvalue weighted by molar-refractivity contribution is -0.143. The summed E-state index contributed by atoms with van der Waals surface area (Å²) in [5, 5.41) is 0. The molecule has 0 radical (unpaired) electrons. The van der Waals surface area contributed by atoms with E-state index in [0.29, 0.717) is 29.5 Å². The zero-order valence-corrected chi connectivity index (χ0v) is 24.2. The summed E-state index contributed by atoms with van der Waals surface area (Å²) in [6.07, 6.45) is 0.0958. The average Bonchev–Trinajstić information content (AvgIpc) is 3.30. The van der Waals surface area contributed by atoms with Crippen LogP contribution in [-0.4, -0.2) is 56.0 Å². The van der Waals surface area contributed by atoms with E-state index >= 15 is 0 Å². The van der Waals surface area contributed by atoms with E-state index in [1.807, 2.05) is 42.5 Å². The topological polar surface area (TPSA) is 117 Å². The lowest BCUT2D eigenvalue weighted by atomic mass is 10.2. The SMILES string of the molecule is CCOC(=O)CCn1c(=NC(=O)c2ccc(S(=O)(=O)N(C)Cc3ccccc3)cc2)sc2cc3c(cc21)OCCO3. The molecule has 0 N–H and O–H groups in total. The standard InChI is InChI=1S/C29H29N3O7S2/c1-3-37-27(33)13-14-32-23-17-24-25(39-16-15-38-24)18-26(23)40-29(32)30-28(34)21-9-11-22(12-10-21)41(35,36)31(2)19-20-7-5-4-6-8-20/h4-12,17-18H,3,13-16,19H2,1-2H3. The molecule has 214 valence electrons. The summed E-state index contributed by atoms with van der Waals surface area (Å²) in [6.45, 7) is 3.35. The second-order valence-corrected chi connectivity index (χ2v) is 12.3. The van der Waals surface area contributed by atoms with Gasteiger partial charge in [-0.05, 0) is 36.8 Å². The number of esters is 1. The molecule has 0 bridgehead atoms. The molecule has 10 nitrogen and oxygen atoms in total. The zero-order valence-electron chi connectivity index (χ0n) is 22.6. The summed E-state index contributed by atoms with van der Waals surface area (Å²) in [7, 11) is -2.25. The summed E-state index contributed by atoms with van der Waals surface area (Å²) in [5.74, 6) is 0.288. The molecule has 41 heavy (non-hydrogen) atoms. The van der Waals surface area contributed by atoms with Gasteiger partial charge in [-0.15, -0.1) is 0 Å². The molecule has 5 rings (SSSR count). The Kier molecular flexibility index (Phi) is 8.52. The Hall–Kier alpha value is -4.00. The van der Waals surface area contributed by atoms with E-state index in [4.69, 9.17) is 14.2 Å². The van der Waals surface area contributed by atoms with Gasteiger partial charge in [0.15, 0.2) is 16.3 Å². The first kappa shape index (κ1) is 28.5. The van der Waals surface area contributed by atoms with Crippen LogP contribution in [0.15, 0.2) is 76.6 Å². The average molecular weight is 596 g/mol. The van der Waals surface area contributed by atoms with Gasteiger partial charge in [-0.2, -0.15) is 9.30 Å². The van der Waals surface area contributed by atoms with E-state index in [-0.39, 0.29) is 42.5 Å². The first-order valence-corrected chi connectivity index (χ1v) is 15.3. The maximum atomic E-state index is 13.2. The van der Waals surface area contributed by atoms with Crippen molar-refractivity contribution in [2.24, 2.45) is 4.99 Å². The molecule has 0 spiro atoms. The molecule has 1 aromatic heterocycles. The molecule has 0 atom stereocenters. The predicted octanol–water partition coefficient (Wildman–Crippen LogP) is 3.99. The molecule has 4 aromatic rings. The van der Waals surface area contributed by atoms with Gasteiger partial charge in [0.2, 0.25) is 10.0 Å². The van der Waals surface area contributed by atoms with Crippen LogP contribution in [0.4, 0.5) is 0 Å². The van der Waals surface area contributed by atoms with E-state index in [0.717, 1.165) is 15.8 Å². The molecule has 1 aliphatic heterocycles. The van der Waals surface area contributed by atoms with Crippen molar-refractivity contribution in [1.29, 1.82) is 0 Å². The van der Waals surface area contributed by atoms with Crippen LogP contribution in [-0.2, 0) is 32.6 Å². The Morgan fingerprint density at radius 2 is 1.71 bits per heavy atom. The first-order valence-electron chi connectivity index (χ1n) is 13.0. The van der Waals surface area contributed by atoms with Crippen molar-refractivity contribution in [1.82, 2.24) is 8.87 Å². The molecule has 0 aliphatic carbocycles. The van der Waals surface area contributed by atoms with E-state index in [2.05, 4.69) is 4.99 Å². The number of hydrogen-bond acceptors (Lipinski definition) is 8. The highest BCUT2D eigenvalue weighted by molar-refractivity contribution is 7.89. The van der Waals surface area contributed by atoms with Crippen LogP contribution in [0.2, 0.25) is 0 Å². The molecule has 0 saturated heterocycles. The summed E-state index contributed by atoms with van der Waals surface area (Å²) in [5.41, 5.74) is 1.84. The Morgan fingerprint density at radius 3 is 2.39 bits per heavy atom. The highest BCUT2D eigenvalue weighted by Gasteiger charge is 2.22. The molecule has 3 aromatic carbocycles. The third-order valence-corrected chi connectivity index (χ3v) is 9.31. The summed E-state index contributed by atoms with van der Waals surface area (Å²) in [6, 6.07) is 18.7. The third-order valence-electron chi connectivity index (χ3n) is 6.45. The first-order chi connectivity index (χ1) is 19.8. The van der Waals surface area contributed by atoms with Gasteiger partial charge < -0.3 is 18.8 Å². The molecule has 12 heteroatoms. The number of aryl methyl sites for hydroxylation is 1. The van der Waals surface area contributed by atoms with Crippen LogP contribution in [0.5, 0.6) is 11.5 Å². The predicted molar refractivity (Wildman–Crippen MR) is 153 cm³/mol. The molecular formula is C29H29N3O7S2. The lowest BCUT2D eigenvalue weighted by Crippen LogP contribution is -2.26. The zero-order chi connectivity index (χ0) is 29.0. The number of carbonyl (C=O) groups excluding carboxylic acids is 2. The third kappa shape index (κ3) is 6.34. The second kappa shape index (κ2) is 12.2. The van der Waals surface area contributed by atoms with Gasteiger partial charge in [-0.1, -0.05) is 41.7 Å². The molecule has 1 aliphatic rings. The van der Waals surface area contributed by atoms with Gasteiger partial charge in [-0.3, -0.25) is 9.59 Å². The van der Waals surface area contributed by atoms with Crippen LogP contribution >= 0.6 is 11.3 Å². The van der Waals surface area contributed by atoms with Crippen LogP contribution in [0.1, 0.15) is 29.3 Å². The smallest absolute Gasteiger partial charge is 0.307 e. The van der Waals surface area contributed by atoms with Crippen LogP contribution in [0.25, 0.3) is 10.2 Å². The maximum absolute atomic E-state index is 13.2. The minimum atomic E-state index is -3.77. The normalized spacial score (nSPS) is 13.5. The summed E-state index contributed by atoms with van der Waals surface area (Å²) >= 11 is 1.28. The fourth-order valence-corrected chi connectivity index (χ4v) is 6.59. The number of benzene rings is 3. The minimum Gasteiger partial charge on any atom is -0.486 e. The number of rotatable bonds is 9. The number of sulfonamides is 1. The Bertz CT molecular complexity index is 1740. The van der Waals surface area contributed by atoms with Crippen LogP contribution < -0.4 is 14.3 Å². The van der Waals surface area contributed by atoms with Crippen LogP contribution in [0, 0.1) is 0 Å². The maximum Gasteiger partial charge on any atom is 0.307 e. The number of hydrogen-bond donors (Lipinski definition) is 0. The quantitative estimate of drug-likeness (QED) is 0.269. The van der Waals surface area contributed by atoms with Crippen molar-refractivity contribution in [2.75, 3.05) is 26.9 Å². The Morgan fingerprint density at radius 1 is 1.02 bits per heavy atom. The number of ether oxygens (including phenoxy) is 3. The summed E-state index contributed by atoms with van der Waals surface area (Å²) in [4.78, 5) is 30.1. The molecule has 0 unspecified atom stereocenters. The largest absolute Gasteiger partial charge is 0.486 e. The van der Waals surface area contributed by atoms with Crippen molar-refractivity contribution in [3.05, 3.63) is 82.7 Å². The van der Waals surface area contributed by atoms with E-state index in [1.54, 1.807) is 11.5 Å². The highest BCUT2D eigenvalue weighted by atomic mass is 32.2. The fourth-order valence-electron chi connectivity index (χ4n) is 4.37. The van der Waals surface area contributed by atoms with Crippen molar-refractivity contribution < 1.29 is 32.2 Å². The number of aromatic nitrogens is 1. The number of carbonyl (C=O) groups is 2. The van der Waals surface area contributed by atoms with Crippen molar-refractivity contribution in [3.63, 3.8) is 0 Å². The summed E-state index contributed by atoms with van der Waals surface area (Å²) < 4.78 is 46.5. The lowest BCUT2D eigenvalue weighted by Gasteiger charge is -2.18. The van der Waals surface area contributed by atoms with Gasteiger partial charge in [0.1, 0.15) is 13.2 Å². The van der Waals surface area contributed by atoms with Crippen molar-refractivity contribution >= 4 is 43.5 Å². The van der Waals surface area contributed by atoms with Crippen LogP contribution in [0.3, 0.4) is 0 Å². The fraction of sp³-hybridized carbons (Fsp3) is 0.276. The monoisotopic (exact) mass is 595 g/mol. The number of nitrogens with zero attached hydrogens (tertiary/aromatic N) is 3. The van der Waals surface area contributed by atoms with Gasteiger partial charge in [0, 0.05) is 37.8 Å². The number of fused-ring (bicyclic) bond motifs is 2. The molecule has 2 heterocycles. The highest BCUT2D eigenvalue weighted by Crippen LogP contribution is 2.35. The van der Waals surface area contributed by atoms with Gasteiger partial charge in [0.25, 0.3) is 5.91 Å². The molecular weight excluding hydrogens is 566 g/mol. The number of amides is 1. The van der Waals surface area contributed by atoms with E-state index in [9.17, 15) is 18.0 Å². The van der Waals surface area contributed by atoms with Gasteiger partial charge >= 0.3 is 5.97 Å². The Labute approximate surface area is 241 Å². The minimum absolute atomic E-state index is 0.0735.